The van der Waals surface area contributed by atoms with Crippen LogP contribution in [0, 0.1) is 11.8 Å². The van der Waals surface area contributed by atoms with E-state index in [4.69, 9.17) is 0 Å². The Bertz CT molecular complexity index is 611. The largest absolute Gasteiger partial charge is 0.342 e. The first kappa shape index (κ1) is 20.6. The molecule has 27 heavy (non-hydrogen) atoms. The first-order chi connectivity index (χ1) is 12.7. The first-order valence-corrected chi connectivity index (χ1v) is 10.5. The molecule has 4 nitrogen and oxygen atoms in total. The van der Waals surface area contributed by atoms with Crippen LogP contribution in [0.3, 0.4) is 0 Å². The van der Waals surface area contributed by atoms with Crippen LogP contribution in [0.5, 0.6) is 0 Å². The number of carbonyl (C=O) groups is 1. The van der Waals surface area contributed by atoms with E-state index < -0.39 is 0 Å². The number of fused-ring (bicyclic) bond motifs is 1. The molecule has 3 heterocycles. The fourth-order valence-electron chi connectivity index (χ4n) is 5.34. The number of piperidine rings is 3. The number of hydrogen-bond acceptors (Lipinski definition) is 3. The fourth-order valence-corrected chi connectivity index (χ4v) is 5.34. The molecule has 0 spiro atoms. The van der Waals surface area contributed by atoms with Crippen molar-refractivity contribution in [3.8, 4) is 0 Å². The third-order valence-corrected chi connectivity index (χ3v) is 6.70. The van der Waals surface area contributed by atoms with Gasteiger partial charge in [-0.05, 0) is 63.6 Å². The van der Waals surface area contributed by atoms with E-state index in [1.807, 2.05) is 0 Å². The molecule has 150 valence electrons. The molecular formula is C22H34ClN3O. The van der Waals surface area contributed by atoms with Gasteiger partial charge in [-0.2, -0.15) is 0 Å². The van der Waals surface area contributed by atoms with Crippen LogP contribution in [0.15, 0.2) is 30.3 Å². The smallest absolute Gasteiger partial charge is 0.225 e. The number of hydrogen-bond donors (Lipinski definition) is 1. The van der Waals surface area contributed by atoms with Gasteiger partial charge in [-0.1, -0.05) is 30.3 Å². The minimum absolute atomic E-state index is 0. The summed E-state index contributed by atoms with van der Waals surface area (Å²) in [6.45, 7) is 7.38. The predicted octanol–water partition coefficient (Wildman–Crippen LogP) is 3.31. The molecule has 4 rings (SSSR count). The average molecular weight is 392 g/mol. The number of rotatable bonds is 3. The minimum Gasteiger partial charge on any atom is -0.342 e. The third-order valence-electron chi connectivity index (χ3n) is 6.70. The summed E-state index contributed by atoms with van der Waals surface area (Å²) in [5.41, 5.74) is 1.41. The van der Waals surface area contributed by atoms with Crippen molar-refractivity contribution < 1.29 is 4.79 Å². The molecule has 4 atom stereocenters. The Hall–Kier alpha value is -1.10. The van der Waals surface area contributed by atoms with E-state index >= 15 is 0 Å². The zero-order chi connectivity index (χ0) is 17.9. The van der Waals surface area contributed by atoms with Gasteiger partial charge >= 0.3 is 0 Å². The molecule has 5 heteroatoms. The summed E-state index contributed by atoms with van der Waals surface area (Å²) in [7, 11) is 0. The summed E-state index contributed by atoms with van der Waals surface area (Å²) in [6.07, 6.45) is 5.70. The summed E-state index contributed by atoms with van der Waals surface area (Å²) >= 11 is 0. The normalized spacial score (nSPS) is 31.7. The number of nitrogens with zero attached hydrogens (tertiary/aromatic N) is 2. The molecule has 2 unspecified atom stereocenters. The number of amides is 1. The monoisotopic (exact) mass is 391 g/mol. The van der Waals surface area contributed by atoms with Crippen LogP contribution in [0.25, 0.3) is 0 Å². The van der Waals surface area contributed by atoms with E-state index in [1.54, 1.807) is 0 Å². The molecule has 0 aromatic heterocycles. The highest BCUT2D eigenvalue weighted by Gasteiger charge is 2.39. The van der Waals surface area contributed by atoms with Crippen molar-refractivity contribution in [2.75, 3.05) is 26.2 Å². The Kier molecular flexibility index (Phi) is 7.18. The van der Waals surface area contributed by atoms with Crippen LogP contribution in [-0.4, -0.2) is 54.0 Å². The lowest BCUT2D eigenvalue weighted by molar-refractivity contribution is -0.140. The highest BCUT2D eigenvalue weighted by Crippen LogP contribution is 2.33. The van der Waals surface area contributed by atoms with Crippen LogP contribution < -0.4 is 5.32 Å². The number of benzene rings is 1. The van der Waals surface area contributed by atoms with Gasteiger partial charge < -0.3 is 10.2 Å². The van der Waals surface area contributed by atoms with Crippen molar-refractivity contribution in [1.29, 1.82) is 0 Å². The second-order valence-electron chi connectivity index (χ2n) is 8.58. The van der Waals surface area contributed by atoms with Gasteiger partial charge in [0.05, 0.1) is 0 Å². The Morgan fingerprint density at radius 2 is 1.96 bits per heavy atom. The van der Waals surface area contributed by atoms with Crippen molar-refractivity contribution in [2.24, 2.45) is 11.8 Å². The fraction of sp³-hybridized carbons (Fsp3) is 0.682. The van der Waals surface area contributed by atoms with Gasteiger partial charge in [-0.15, -0.1) is 12.4 Å². The lowest BCUT2D eigenvalue weighted by Crippen LogP contribution is -2.56. The Morgan fingerprint density at radius 1 is 1.15 bits per heavy atom. The van der Waals surface area contributed by atoms with Crippen molar-refractivity contribution >= 4 is 18.3 Å². The van der Waals surface area contributed by atoms with E-state index in [1.165, 1.54) is 24.9 Å². The molecule has 1 N–H and O–H groups in total. The van der Waals surface area contributed by atoms with Crippen LogP contribution in [0.4, 0.5) is 0 Å². The standard InChI is InChI=1S/C22H33N3O.ClH/c1-17-14-19(9-11-23-17)22(26)25-13-10-21-20(16-25)8-5-12-24(21)15-18-6-3-2-4-7-18;/h2-4,6-7,17,19-21,23H,5,8-16H2,1H3;1H/t17-,19-,20?,21?;/m0./s1. The molecule has 3 fully saturated rings. The van der Waals surface area contributed by atoms with Gasteiger partial charge in [0, 0.05) is 37.6 Å². The van der Waals surface area contributed by atoms with Gasteiger partial charge in [0.2, 0.25) is 5.91 Å². The van der Waals surface area contributed by atoms with Gasteiger partial charge in [0.25, 0.3) is 0 Å². The number of nitrogens with one attached hydrogen (secondary N) is 1. The summed E-state index contributed by atoms with van der Waals surface area (Å²) < 4.78 is 0. The Labute approximate surface area is 170 Å². The molecule has 0 saturated carbocycles. The molecule has 1 amide bonds. The number of likely N-dealkylation sites (tertiary alicyclic amines) is 2. The Balaban J connectivity index is 0.00000210. The first-order valence-electron chi connectivity index (χ1n) is 10.5. The molecule has 3 saturated heterocycles. The zero-order valence-electron chi connectivity index (χ0n) is 16.5. The van der Waals surface area contributed by atoms with Gasteiger partial charge in [0.15, 0.2) is 0 Å². The van der Waals surface area contributed by atoms with E-state index in [0.717, 1.165) is 45.4 Å². The van der Waals surface area contributed by atoms with E-state index in [-0.39, 0.29) is 18.3 Å². The maximum absolute atomic E-state index is 13.0. The van der Waals surface area contributed by atoms with Crippen molar-refractivity contribution in [2.45, 2.75) is 57.7 Å². The van der Waals surface area contributed by atoms with Gasteiger partial charge in [0.1, 0.15) is 0 Å². The zero-order valence-corrected chi connectivity index (χ0v) is 17.3. The SMILES string of the molecule is C[C@H]1C[C@@H](C(=O)N2CCC3C(CCCN3Cc3ccccc3)C2)CCN1.Cl. The average Bonchev–Trinajstić information content (AvgIpc) is 2.68. The number of halogens is 1. The molecule has 0 radical (unpaired) electrons. The Morgan fingerprint density at radius 3 is 2.74 bits per heavy atom. The van der Waals surface area contributed by atoms with Crippen LogP contribution >= 0.6 is 12.4 Å². The van der Waals surface area contributed by atoms with Crippen molar-refractivity contribution in [1.82, 2.24) is 15.1 Å². The van der Waals surface area contributed by atoms with Gasteiger partial charge in [-0.25, -0.2) is 0 Å². The molecule has 0 aliphatic carbocycles. The maximum Gasteiger partial charge on any atom is 0.225 e. The second kappa shape index (κ2) is 9.40. The topological polar surface area (TPSA) is 35.6 Å². The molecule has 1 aromatic rings. The summed E-state index contributed by atoms with van der Waals surface area (Å²) in [6, 6.07) is 12.0. The highest BCUT2D eigenvalue weighted by molar-refractivity contribution is 5.85. The van der Waals surface area contributed by atoms with E-state index in [0.29, 0.717) is 23.9 Å². The summed E-state index contributed by atoms with van der Waals surface area (Å²) in [5, 5.41) is 3.47. The minimum atomic E-state index is 0. The maximum atomic E-state index is 13.0. The molecular weight excluding hydrogens is 358 g/mol. The highest BCUT2D eigenvalue weighted by atomic mass is 35.5. The summed E-state index contributed by atoms with van der Waals surface area (Å²) in [5.74, 6) is 1.33. The van der Waals surface area contributed by atoms with Crippen molar-refractivity contribution in [3.63, 3.8) is 0 Å². The van der Waals surface area contributed by atoms with E-state index in [9.17, 15) is 4.79 Å². The quantitative estimate of drug-likeness (QED) is 0.858. The molecule has 0 bridgehead atoms. The lowest BCUT2D eigenvalue weighted by atomic mass is 9.82. The van der Waals surface area contributed by atoms with Crippen LogP contribution in [-0.2, 0) is 11.3 Å². The molecule has 1 aromatic carbocycles. The third kappa shape index (κ3) is 4.85. The second-order valence-corrected chi connectivity index (χ2v) is 8.58. The molecule has 3 aliphatic rings. The summed E-state index contributed by atoms with van der Waals surface area (Å²) in [4.78, 5) is 17.9. The lowest BCUT2D eigenvalue weighted by Gasteiger charge is -2.48. The van der Waals surface area contributed by atoms with Crippen molar-refractivity contribution in [3.05, 3.63) is 35.9 Å². The molecule has 3 aliphatic heterocycles. The van der Waals surface area contributed by atoms with Gasteiger partial charge in [-0.3, -0.25) is 9.69 Å². The van der Waals surface area contributed by atoms with Crippen LogP contribution in [0.2, 0.25) is 0 Å². The van der Waals surface area contributed by atoms with Crippen LogP contribution in [0.1, 0.15) is 44.6 Å². The predicted molar refractivity (Wildman–Crippen MR) is 112 cm³/mol. The van der Waals surface area contributed by atoms with E-state index in [2.05, 4.69) is 52.4 Å². The number of carbonyl (C=O) groups excluding carboxylic acids is 1.